The van der Waals surface area contributed by atoms with Gasteiger partial charge in [0.25, 0.3) is 5.91 Å². The number of nitrogens with one attached hydrogen (secondary N) is 1. The van der Waals surface area contributed by atoms with Crippen molar-refractivity contribution in [1.82, 2.24) is 20.1 Å². The summed E-state index contributed by atoms with van der Waals surface area (Å²) in [6.07, 6.45) is 3.30. The lowest BCUT2D eigenvalue weighted by molar-refractivity contribution is 0.0774. The fourth-order valence-electron chi connectivity index (χ4n) is 2.04. The Labute approximate surface area is 108 Å². The van der Waals surface area contributed by atoms with Gasteiger partial charge in [0.15, 0.2) is 0 Å². The summed E-state index contributed by atoms with van der Waals surface area (Å²) < 4.78 is 0. The van der Waals surface area contributed by atoms with Crippen molar-refractivity contribution >= 4 is 5.91 Å². The topological polar surface area (TPSA) is 48.5 Å². The Morgan fingerprint density at radius 2 is 2.06 bits per heavy atom. The summed E-state index contributed by atoms with van der Waals surface area (Å²) in [6.45, 7) is 5.93. The molecule has 5 nitrogen and oxygen atoms in total. The van der Waals surface area contributed by atoms with Crippen molar-refractivity contribution in [2.24, 2.45) is 0 Å². The van der Waals surface area contributed by atoms with Crippen LogP contribution in [-0.2, 0) is 0 Å². The highest BCUT2D eigenvalue weighted by Gasteiger charge is 2.14. The summed E-state index contributed by atoms with van der Waals surface area (Å²) in [6, 6.07) is 3.51. The maximum atomic E-state index is 12.1. The third kappa shape index (κ3) is 3.51. The average molecular weight is 248 g/mol. The van der Waals surface area contributed by atoms with Crippen LogP contribution in [0.25, 0.3) is 0 Å². The second-order valence-corrected chi connectivity index (χ2v) is 4.55. The largest absolute Gasteiger partial charge is 0.340 e. The molecule has 0 saturated carbocycles. The zero-order valence-corrected chi connectivity index (χ0v) is 10.8. The Hall–Kier alpha value is -1.46. The third-order valence-electron chi connectivity index (χ3n) is 3.24. The minimum Gasteiger partial charge on any atom is -0.340 e. The van der Waals surface area contributed by atoms with Crippen LogP contribution >= 0.6 is 0 Å². The van der Waals surface area contributed by atoms with Crippen LogP contribution in [-0.4, -0.2) is 67.0 Å². The minimum atomic E-state index is 0.0625. The van der Waals surface area contributed by atoms with Gasteiger partial charge in [-0.05, 0) is 12.1 Å². The summed E-state index contributed by atoms with van der Waals surface area (Å²) in [7, 11) is 1.85. The van der Waals surface area contributed by atoms with Crippen molar-refractivity contribution in [3.8, 4) is 0 Å². The summed E-state index contributed by atoms with van der Waals surface area (Å²) >= 11 is 0. The summed E-state index contributed by atoms with van der Waals surface area (Å²) in [5, 5.41) is 3.32. The van der Waals surface area contributed by atoms with E-state index in [4.69, 9.17) is 0 Å². The Bertz CT molecular complexity index is 376. The molecular formula is C13H20N4O. The lowest BCUT2D eigenvalue weighted by Gasteiger charge is -2.29. The highest BCUT2D eigenvalue weighted by Crippen LogP contribution is 2.02. The molecule has 1 aromatic rings. The molecule has 1 aliphatic heterocycles. The van der Waals surface area contributed by atoms with E-state index in [0.29, 0.717) is 5.56 Å². The average Bonchev–Trinajstić information content (AvgIpc) is 2.46. The molecule has 0 aliphatic carbocycles. The monoisotopic (exact) mass is 248 g/mol. The molecule has 0 aromatic carbocycles. The van der Waals surface area contributed by atoms with Gasteiger partial charge in [-0.2, -0.15) is 0 Å². The van der Waals surface area contributed by atoms with E-state index in [1.807, 2.05) is 7.05 Å². The zero-order chi connectivity index (χ0) is 12.8. The van der Waals surface area contributed by atoms with Crippen molar-refractivity contribution in [2.45, 2.75) is 0 Å². The van der Waals surface area contributed by atoms with E-state index < -0.39 is 0 Å². The molecule has 98 valence electrons. The van der Waals surface area contributed by atoms with Crippen LogP contribution in [0.3, 0.4) is 0 Å². The van der Waals surface area contributed by atoms with Crippen molar-refractivity contribution in [3.63, 3.8) is 0 Å². The van der Waals surface area contributed by atoms with E-state index in [1.165, 1.54) is 0 Å². The van der Waals surface area contributed by atoms with Crippen LogP contribution in [0.1, 0.15) is 10.4 Å². The molecule has 1 amide bonds. The quantitative estimate of drug-likeness (QED) is 0.818. The highest BCUT2D eigenvalue weighted by atomic mass is 16.2. The van der Waals surface area contributed by atoms with Crippen molar-refractivity contribution in [2.75, 3.05) is 46.3 Å². The van der Waals surface area contributed by atoms with Crippen LogP contribution in [0.15, 0.2) is 24.5 Å². The van der Waals surface area contributed by atoms with Crippen molar-refractivity contribution < 1.29 is 4.79 Å². The van der Waals surface area contributed by atoms with Crippen molar-refractivity contribution in [3.05, 3.63) is 30.1 Å². The molecule has 18 heavy (non-hydrogen) atoms. The van der Waals surface area contributed by atoms with Gasteiger partial charge in [0.05, 0.1) is 0 Å². The first-order valence-electron chi connectivity index (χ1n) is 6.36. The first-order chi connectivity index (χ1) is 8.77. The Morgan fingerprint density at radius 3 is 2.72 bits per heavy atom. The molecule has 0 radical (unpaired) electrons. The minimum absolute atomic E-state index is 0.0625. The zero-order valence-electron chi connectivity index (χ0n) is 10.8. The maximum absolute atomic E-state index is 12.1. The molecule has 5 heteroatoms. The van der Waals surface area contributed by atoms with E-state index in [2.05, 4.69) is 15.2 Å². The van der Waals surface area contributed by atoms with Gasteiger partial charge in [-0.15, -0.1) is 0 Å². The SMILES string of the molecule is CN(CCN1CCNCC1)C(=O)c1ccncc1. The third-order valence-corrected chi connectivity index (χ3v) is 3.24. The molecule has 0 unspecified atom stereocenters. The first kappa shape index (κ1) is 13.0. The first-order valence-corrected chi connectivity index (χ1v) is 6.36. The number of aromatic nitrogens is 1. The summed E-state index contributed by atoms with van der Waals surface area (Å²) in [5.41, 5.74) is 0.702. The number of hydrogen-bond donors (Lipinski definition) is 1. The molecular weight excluding hydrogens is 228 g/mol. The molecule has 1 saturated heterocycles. The van der Waals surface area contributed by atoms with E-state index in [9.17, 15) is 4.79 Å². The number of amides is 1. The number of nitrogens with zero attached hydrogens (tertiary/aromatic N) is 3. The number of rotatable bonds is 4. The van der Waals surface area contributed by atoms with Gasteiger partial charge in [0, 0.05) is 64.3 Å². The Morgan fingerprint density at radius 1 is 1.39 bits per heavy atom. The van der Waals surface area contributed by atoms with Crippen LogP contribution in [0, 0.1) is 0 Å². The molecule has 0 spiro atoms. The molecule has 1 aliphatic rings. The molecule has 1 aromatic heterocycles. The van der Waals surface area contributed by atoms with Gasteiger partial charge in [-0.25, -0.2) is 0 Å². The molecule has 2 rings (SSSR count). The number of pyridine rings is 1. The molecule has 2 heterocycles. The second kappa shape index (κ2) is 6.47. The van der Waals surface area contributed by atoms with E-state index in [-0.39, 0.29) is 5.91 Å². The van der Waals surface area contributed by atoms with E-state index in [0.717, 1.165) is 39.3 Å². The standard InChI is InChI=1S/C13H20N4O/c1-16(10-11-17-8-6-15-7-9-17)13(18)12-2-4-14-5-3-12/h2-5,15H,6-11H2,1H3. The maximum Gasteiger partial charge on any atom is 0.253 e. The smallest absolute Gasteiger partial charge is 0.253 e. The predicted molar refractivity (Wildman–Crippen MR) is 70.5 cm³/mol. The molecule has 0 bridgehead atoms. The Balaban J connectivity index is 1.80. The fraction of sp³-hybridized carbons (Fsp3) is 0.538. The van der Waals surface area contributed by atoms with Gasteiger partial charge in [0.1, 0.15) is 0 Å². The number of carbonyl (C=O) groups is 1. The van der Waals surface area contributed by atoms with E-state index >= 15 is 0 Å². The lowest BCUT2D eigenvalue weighted by Crippen LogP contribution is -2.46. The van der Waals surface area contributed by atoms with Gasteiger partial charge in [-0.1, -0.05) is 0 Å². The van der Waals surface area contributed by atoms with E-state index in [1.54, 1.807) is 29.4 Å². The summed E-state index contributed by atoms with van der Waals surface area (Å²) in [4.78, 5) is 20.2. The normalized spacial score (nSPS) is 16.5. The molecule has 1 N–H and O–H groups in total. The molecule has 0 atom stereocenters. The number of likely N-dealkylation sites (N-methyl/N-ethyl adjacent to an activating group) is 1. The highest BCUT2D eigenvalue weighted by molar-refractivity contribution is 5.93. The van der Waals surface area contributed by atoms with Gasteiger partial charge in [0.2, 0.25) is 0 Å². The fourth-order valence-corrected chi connectivity index (χ4v) is 2.04. The van der Waals surface area contributed by atoms with Crippen LogP contribution < -0.4 is 5.32 Å². The molecule has 1 fully saturated rings. The van der Waals surface area contributed by atoms with Crippen molar-refractivity contribution in [1.29, 1.82) is 0 Å². The van der Waals surface area contributed by atoms with Gasteiger partial charge in [-0.3, -0.25) is 14.7 Å². The Kier molecular flexibility index (Phi) is 4.66. The second-order valence-electron chi connectivity index (χ2n) is 4.55. The number of piperazine rings is 1. The lowest BCUT2D eigenvalue weighted by atomic mass is 10.2. The van der Waals surface area contributed by atoms with Gasteiger partial charge < -0.3 is 10.2 Å². The van der Waals surface area contributed by atoms with Crippen LogP contribution in [0.5, 0.6) is 0 Å². The van der Waals surface area contributed by atoms with Crippen LogP contribution in [0.2, 0.25) is 0 Å². The van der Waals surface area contributed by atoms with Crippen LogP contribution in [0.4, 0.5) is 0 Å². The number of hydrogen-bond acceptors (Lipinski definition) is 4. The van der Waals surface area contributed by atoms with Gasteiger partial charge >= 0.3 is 0 Å². The number of carbonyl (C=O) groups excluding carboxylic acids is 1. The predicted octanol–water partition coefficient (Wildman–Crippen LogP) is 0.0588. The summed E-state index contributed by atoms with van der Waals surface area (Å²) in [5.74, 6) is 0.0625.